The van der Waals surface area contributed by atoms with E-state index in [0.717, 1.165) is 0 Å². The van der Waals surface area contributed by atoms with E-state index in [2.05, 4.69) is 38.8 Å². The zero-order chi connectivity index (χ0) is 19.0. The minimum Gasteiger partial charge on any atom is -0.408 e. The molecule has 2 heterocycles. The van der Waals surface area contributed by atoms with E-state index in [1.807, 2.05) is 6.92 Å². The molecule has 0 spiro atoms. The van der Waals surface area contributed by atoms with Gasteiger partial charge in [-0.25, -0.2) is 9.18 Å². The number of hydrogen-bond acceptors (Lipinski definition) is 5. The smallest absolute Gasteiger partial charge is 0.349 e. The van der Waals surface area contributed by atoms with Gasteiger partial charge in [-0.2, -0.15) is 4.98 Å². The zero-order valence-electron chi connectivity index (χ0n) is 16.0. The Morgan fingerprint density at radius 1 is 1.48 bits per heavy atom. The van der Waals surface area contributed by atoms with Gasteiger partial charge in [0.15, 0.2) is 14.5 Å². The SMILES string of the molecule is CCC1OCC(n2ccc(N)nc2=O)C(F)C1O[Si](C)(C)C(C)(C)C. The largest absolute Gasteiger partial charge is 0.408 e. The van der Waals surface area contributed by atoms with Crippen LogP contribution in [0.15, 0.2) is 17.1 Å². The quantitative estimate of drug-likeness (QED) is 0.823. The van der Waals surface area contributed by atoms with Gasteiger partial charge < -0.3 is 14.9 Å². The van der Waals surface area contributed by atoms with Crippen LogP contribution >= 0.6 is 0 Å². The molecule has 0 aliphatic carbocycles. The summed E-state index contributed by atoms with van der Waals surface area (Å²) in [7, 11) is -2.19. The molecule has 1 saturated heterocycles. The van der Waals surface area contributed by atoms with Crippen molar-refractivity contribution in [1.82, 2.24) is 9.55 Å². The van der Waals surface area contributed by atoms with E-state index in [0.29, 0.717) is 6.42 Å². The molecule has 0 amide bonds. The van der Waals surface area contributed by atoms with E-state index >= 15 is 4.39 Å². The summed E-state index contributed by atoms with van der Waals surface area (Å²) in [5, 5.41) is -0.0441. The number of aromatic nitrogens is 2. The Hall–Kier alpha value is -1.25. The number of halogens is 1. The first-order chi connectivity index (χ1) is 11.5. The van der Waals surface area contributed by atoms with Gasteiger partial charge in [0.2, 0.25) is 0 Å². The Labute approximate surface area is 149 Å². The summed E-state index contributed by atoms with van der Waals surface area (Å²) in [4.78, 5) is 15.8. The maximum Gasteiger partial charge on any atom is 0.349 e. The molecule has 2 N–H and O–H groups in total. The third-order valence-electron chi connectivity index (χ3n) is 5.38. The first kappa shape index (κ1) is 20.1. The van der Waals surface area contributed by atoms with Gasteiger partial charge in [-0.15, -0.1) is 0 Å². The van der Waals surface area contributed by atoms with Crippen molar-refractivity contribution in [1.29, 1.82) is 0 Å². The van der Waals surface area contributed by atoms with Crippen LogP contribution in [0.1, 0.15) is 40.2 Å². The van der Waals surface area contributed by atoms with E-state index in [1.54, 1.807) is 0 Å². The van der Waals surface area contributed by atoms with Crippen LogP contribution in [0.4, 0.5) is 10.2 Å². The van der Waals surface area contributed by atoms with Gasteiger partial charge in [0.1, 0.15) is 11.9 Å². The minimum atomic E-state index is -2.19. The monoisotopic (exact) mass is 371 g/mol. The molecule has 0 saturated carbocycles. The Kier molecular flexibility index (Phi) is 5.75. The van der Waals surface area contributed by atoms with Crippen LogP contribution in [-0.2, 0) is 9.16 Å². The van der Waals surface area contributed by atoms with Crippen molar-refractivity contribution in [3.05, 3.63) is 22.7 Å². The average molecular weight is 372 g/mol. The van der Waals surface area contributed by atoms with Crippen LogP contribution in [0, 0.1) is 0 Å². The van der Waals surface area contributed by atoms with Crippen LogP contribution in [-0.4, -0.2) is 42.9 Å². The normalized spacial score (nSPS) is 28.1. The molecule has 6 nitrogen and oxygen atoms in total. The van der Waals surface area contributed by atoms with Gasteiger partial charge in [0.05, 0.1) is 18.8 Å². The minimum absolute atomic E-state index is 0.0441. The summed E-state index contributed by atoms with van der Waals surface area (Å²) < 4.78 is 28.9. The summed E-state index contributed by atoms with van der Waals surface area (Å²) >= 11 is 0. The molecule has 0 radical (unpaired) electrons. The Morgan fingerprint density at radius 2 is 2.12 bits per heavy atom. The lowest BCUT2D eigenvalue weighted by molar-refractivity contribution is -0.131. The Bertz CT molecular complexity index is 659. The molecule has 1 aromatic rings. The summed E-state index contributed by atoms with van der Waals surface area (Å²) in [6.07, 6.45) is -0.245. The molecule has 1 fully saturated rings. The number of anilines is 1. The third kappa shape index (κ3) is 4.12. The summed E-state index contributed by atoms with van der Waals surface area (Å²) in [6.45, 7) is 12.6. The molecule has 25 heavy (non-hydrogen) atoms. The summed E-state index contributed by atoms with van der Waals surface area (Å²) in [5.74, 6) is 0.119. The summed E-state index contributed by atoms with van der Waals surface area (Å²) in [6, 6.07) is 0.724. The first-order valence-electron chi connectivity index (χ1n) is 8.76. The molecule has 4 unspecified atom stereocenters. The Morgan fingerprint density at radius 3 is 2.64 bits per heavy atom. The van der Waals surface area contributed by atoms with Gasteiger partial charge in [0, 0.05) is 6.20 Å². The first-order valence-corrected chi connectivity index (χ1v) is 11.7. The number of hydrogen-bond donors (Lipinski definition) is 1. The van der Waals surface area contributed by atoms with Crippen molar-refractivity contribution in [2.45, 2.75) is 76.7 Å². The fourth-order valence-corrected chi connectivity index (χ4v) is 4.07. The predicted molar refractivity (Wildman–Crippen MR) is 98.9 cm³/mol. The molecular weight excluding hydrogens is 341 g/mol. The third-order valence-corrected chi connectivity index (χ3v) is 9.85. The average Bonchev–Trinajstić information content (AvgIpc) is 2.49. The highest BCUT2D eigenvalue weighted by molar-refractivity contribution is 6.74. The highest BCUT2D eigenvalue weighted by Gasteiger charge is 2.47. The van der Waals surface area contributed by atoms with E-state index in [-0.39, 0.29) is 23.6 Å². The van der Waals surface area contributed by atoms with Gasteiger partial charge in [-0.1, -0.05) is 27.7 Å². The molecule has 4 atom stereocenters. The lowest BCUT2D eigenvalue weighted by Crippen LogP contribution is -2.56. The van der Waals surface area contributed by atoms with E-state index in [4.69, 9.17) is 14.9 Å². The molecule has 0 bridgehead atoms. The fourth-order valence-electron chi connectivity index (χ4n) is 2.75. The molecule has 1 aliphatic heterocycles. The van der Waals surface area contributed by atoms with Crippen molar-refractivity contribution in [2.24, 2.45) is 0 Å². The lowest BCUT2D eigenvalue weighted by atomic mass is 9.97. The number of alkyl halides is 1. The number of nitrogens with zero attached hydrogens (tertiary/aromatic N) is 2. The fraction of sp³-hybridized carbons (Fsp3) is 0.765. The van der Waals surface area contributed by atoms with Crippen molar-refractivity contribution in [3.63, 3.8) is 0 Å². The maximum atomic E-state index is 15.4. The highest BCUT2D eigenvalue weighted by Crippen LogP contribution is 2.40. The van der Waals surface area contributed by atoms with Gasteiger partial charge in [-0.3, -0.25) is 4.57 Å². The van der Waals surface area contributed by atoms with Crippen LogP contribution in [0.5, 0.6) is 0 Å². The summed E-state index contributed by atoms with van der Waals surface area (Å²) in [5.41, 5.74) is 4.95. The van der Waals surface area contributed by atoms with E-state index in [1.165, 1.54) is 16.8 Å². The van der Waals surface area contributed by atoms with Crippen LogP contribution in [0.2, 0.25) is 18.1 Å². The van der Waals surface area contributed by atoms with Crippen molar-refractivity contribution in [2.75, 3.05) is 12.3 Å². The van der Waals surface area contributed by atoms with Crippen LogP contribution in [0.3, 0.4) is 0 Å². The van der Waals surface area contributed by atoms with Crippen LogP contribution in [0.25, 0.3) is 0 Å². The molecule has 142 valence electrons. The number of nitrogens with two attached hydrogens (primary N) is 1. The number of rotatable bonds is 4. The second-order valence-electron chi connectivity index (χ2n) is 8.18. The molecule has 8 heteroatoms. The molecule has 1 aliphatic rings. The molecular formula is C17H30FN3O3Si. The number of nitrogen functional groups attached to an aromatic ring is 1. The second kappa shape index (κ2) is 7.17. The lowest BCUT2D eigenvalue weighted by Gasteiger charge is -2.45. The van der Waals surface area contributed by atoms with Crippen molar-refractivity contribution in [3.8, 4) is 0 Å². The van der Waals surface area contributed by atoms with Gasteiger partial charge in [-0.05, 0) is 30.6 Å². The van der Waals surface area contributed by atoms with Crippen molar-refractivity contribution >= 4 is 14.1 Å². The molecule has 2 rings (SSSR count). The van der Waals surface area contributed by atoms with Gasteiger partial charge in [0.25, 0.3) is 0 Å². The topological polar surface area (TPSA) is 79.4 Å². The van der Waals surface area contributed by atoms with E-state index < -0.39 is 32.3 Å². The molecule has 1 aromatic heterocycles. The predicted octanol–water partition coefficient (Wildman–Crippen LogP) is 2.90. The number of ether oxygens (including phenoxy) is 1. The maximum absolute atomic E-state index is 15.4. The Balaban J connectivity index is 2.32. The highest BCUT2D eigenvalue weighted by atomic mass is 28.4. The van der Waals surface area contributed by atoms with Crippen molar-refractivity contribution < 1.29 is 13.6 Å². The van der Waals surface area contributed by atoms with E-state index in [9.17, 15) is 4.79 Å². The standard InChI is InChI=1S/C17H30FN3O3Si/c1-7-12-15(24-25(5,6)17(2,3)4)14(18)11(10-23-12)21-9-8-13(19)20-16(21)22/h8-9,11-12,14-15H,7,10H2,1-6H3,(H2,19,20,22). The van der Waals surface area contributed by atoms with Crippen LogP contribution < -0.4 is 11.4 Å². The van der Waals surface area contributed by atoms with Gasteiger partial charge >= 0.3 is 5.69 Å². The second-order valence-corrected chi connectivity index (χ2v) is 12.9. The molecule has 0 aromatic carbocycles. The zero-order valence-corrected chi connectivity index (χ0v) is 17.0.